The third-order valence-electron chi connectivity index (χ3n) is 3.22. The summed E-state index contributed by atoms with van der Waals surface area (Å²) < 4.78 is 16.2. The molecule has 1 heterocycles. The standard InChI is InChI=1S/C15H11ClFIN2/c1-9-3-2-4-12-15(9)20(14(8-16)19-12)13-6-5-10(17)7-11(13)18/h2-7H,8H2,1H3. The highest BCUT2D eigenvalue weighted by Crippen LogP contribution is 2.28. The van der Waals surface area contributed by atoms with E-state index in [9.17, 15) is 4.39 Å². The molecule has 0 aliphatic rings. The molecule has 5 heteroatoms. The number of aryl methyl sites for hydroxylation is 1. The molecule has 0 saturated carbocycles. The van der Waals surface area contributed by atoms with Gasteiger partial charge in [0.05, 0.1) is 22.6 Å². The van der Waals surface area contributed by atoms with E-state index in [-0.39, 0.29) is 5.82 Å². The van der Waals surface area contributed by atoms with Gasteiger partial charge in [-0.2, -0.15) is 0 Å². The zero-order chi connectivity index (χ0) is 14.3. The third-order valence-corrected chi connectivity index (χ3v) is 4.32. The second-order valence-corrected chi connectivity index (χ2v) is 5.96. The Morgan fingerprint density at radius 1 is 1.30 bits per heavy atom. The Kier molecular flexibility index (Phi) is 3.69. The number of benzene rings is 2. The summed E-state index contributed by atoms with van der Waals surface area (Å²) in [6, 6.07) is 10.7. The molecule has 2 aromatic carbocycles. The molecule has 102 valence electrons. The predicted molar refractivity (Wildman–Crippen MR) is 88.0 cm³/mol. The first-order valence-electron chi connectivity index (χ1n) is 6.10. The summed E-state index contributed by atoms with van der Waals surface area (Å²) in [7, 11) is 0. The van der Waals surface area contributed by atoms with Gasteiger partial charge in [0.15, 0.2) is 0 Å². The van der Waals surface area contributed by atoms with E-state index in [1.54, 1.807) is 6.07 Å². The van der Waals surface area contributed by atoms with Crippen LogP contribution >= 0.6 is 34.2 Å². The molecule has 0 fully saturated rings. The number of halogens is 3. The summed E-state index contributed by atoms with van der Waals surface area (Å²) in [5, 5.41) is 0. The van der Waals surface area contributed by atoms with Crippen LogP contribution in [0.5, 0.6) is 0 Å². The molecule has 0 aliphatic carbocycles. The number of hydrogen-bond donors (Lipinski definition) is 0. The van der Waals surface area contributed by atoms with Crippen LogP contribution in [-0.2, 0) is 5.88 Å². The van der Waals surface area contributed by atoms with E-state index in [2.05, 4.69) is 27.6 Å². The van der Waals surface area contributed by atoms with Crippen molar-refractivity contribution in [1.82, 2.24) is 9.55 Å². The quantitative estimate of drug-likeness (QED) is 0.446. The highest BCUT2D eigenvalue weighted by atomic mass is 127. The van der Waals surface area contributed by atoms with Crippen LogP contribution in [0.15, 0.2) is 36.4 Å². The lowest BCUT2D eigenvalue weighted by atomic mass is 10.2. The normalized spacial score (nSPS) is 11.2. The predicted octanol–water partition coefficient (Wildman–Crippen LogP) is 4.82. The molecule has 0 amide bonds. The van der Waals surface area contributed by atoms with Gasteiger partial charge >= 0.3 is 0 Å². The fourth-order valence-corrected chi connectivity index (χ4v) is 3.25. The van der Waals surface area contributed by atoms with Gasteiger partial charge in [-0.3, -0.25) is 4.57 Å². The smallest absolute Gasteiger partial charge is 0.129 e. The Bertz CT molecular complexity index is 798. The molecule has 3 rings (SSSR count). The van der Waals surface area contributed by atoms with Crippen molar-refractivity contribution >= 4 is 45.2 Å². The number of fused-ring (bicyclic) bond motifs is 1. The van der Waals surface area contributed by atoms with Crippen LogP contribution in [0.4, 0.5) is 4.39 Å². The number of aromatic nitrogens is 2. The van der Waals surface area contributed by atoms with Gasteiger partial charge in [0.2, 0.25) is 0 Å². The van der Waals surface area contributed by atoms with Gasteiger partial charge < -0.3 is 0 Å². The van der Waals surface area contributed by atoms with Crippen LogP contribution in [0.25, 0.3) is 16.7 Å². The van der Waals surface area contributed by atoms with Crippen LogP contribution in [-0.4, -0.2) is 9.55 Å². The van der Waals surface area contributed by atoms with Crippen molar-refractivity contribution in [2.75, 3.05) is 0 Å². The second-order valence-electron chi connectivity index (χ2n) is 4.54. The average molecular weight is 401 g/mol. The van der Waals surface area contributed by atoms with Gasteiger partial charge in [-0.1, -0.05) is 12.1 Å². The van der Waals surface area contributed by atoms with Gasteiger partial charge in [-0.25, -0.2) is 9.37 Å². The minimum Gasteiger partial charge on any atom is -0.294 e. The first kappa shape index (κ1) is 13.8. The molecule has 2 nitrogen and oxygen atoms in total. The summed E-state index contributed by atoms with van der Waals surface area (Å²) >= 11 is 8.16. The van der Waals surface area contributed by atoms with E-state index >= 15 is 0 Å². The van der Waals surface area contributed by atoms with Gasteiger partial charge in [0.25, 0.3) is 0 Å². The first-order valence-corrected chi connectivity index (χ1v) is 7.71. The Balaban J connectivity index is 2.39. The fourth-order valence-electron chi connectivity index (χ4n) is 2.35. The third kappa shape index (κ3) is 2.20. The van der Waals surface area contributed by atoms with Crippen molar-refractivity contribution in [1.29, 1.82) is 0 Å². The summed E-state index contributed by atoms with van der Waals surface area (Å²) in [5.41, 5.74) is 3.94. The Morgan fingerprint density at radius 2 is 2.10 bits per heavy atom. The molecule has 0 saturated heterocycles. The molecule has 0 unspecified atom stereocenters. The number of imidazole rings is 1. The number of para-hydroxylation sites is 1. The van der Waals surface area contributed by atoms with Crippen LogP contribution in [0.2, 0.25) is 0 Å². The van der Waals surface area contributed by atoms with E-state index in [4.69, 9.17) is 11.6 Å². The minimum absolute atomic E-state index is 0.244. The van der Waals surface area contributed by atoms with Crippen molar-refractivity contribution in [3.63, 3.8) is 0 Å². The molecule has 0 N–H and O–H groups in total. The monoisotopic (exact) mass is 400 g/mol. The van der Waals surface area contributed by atoms with E-state index in [1.807, 2.05) is 29.7 Å². The number of hydrogen-bond acceptors (Lipinski definition) is 1. The van der Waals surface area contributed by atoms with Gasteiger partial charge in [-0.05, 0) is 59.3 Å². The number of rotatable bonds is 2. The molecule has 1 aromatic heterocycles. The zero-order valence-electron chi connectivity index (χ0n) is 10.7. The van der Waals surface area contributed by atoms with Crippen molar-refractivity contribution in [2.24, 2.45) is 0 Å². The molecule has 3 aromatic rings. The molecular weight excluding hydrogens is 390 g/mol. The van der Waals surface area contributed by atoms with Crippen LogP contribution in [0.1, 0.15) is 11.4 Å². The lowest BCUT2D eigenvalue weighted by Gasteiger charge is -2.11. The highest BCUT2D eigenvalue weighted by molar-refractivity contribution is 14.1. The first-order chi connectivity index (χ1) is 9.61. The Hall–Kier alpha value is -1.14. The largest absolute Gasteiger partial charge is 0.294 e. The molecule has 20 heavy (non-hydrogen) atoms. The van der Waals surface area contributed by atoms with Crippen LogP contribution in [0, 0.1) is 16.3 Å². The molecule has 0 spiro atoms. The van der Waals surface area contributed by atoms with E-state index in [1.165, 1.54) is 12.1 Å². The maximum absolute atomic E-state index is 13.3. The fraction of sp³-hybridized carbons (Fsp3) is 0.133. The minimum atomic E-state index is -0.244. The molecule has 0 bridgehead atoms. The number of alkyl halides is 1. The van der Waals surface area contributed by atoms with Crippen LogP contribution in [0.3, 0.4) is 0 Å². The summed E-state index contributed by atoms with van der Waals surface area (Å²) in [6.07, 6.45) is 0. The van der Waals surface area contributed by atoms with Crippen molar-refractivity contribution in [2.45, 2.75) is 12.8 Å². The Morgan fingerprint density at radius 3 is 2.80 bits per heavy atom. The molecular formula is C15H11ClFIN2. The lowest BCUT2D eigenvalue weighted by molar-refractivity contribution is 0.626. The highest BCUT2D eigenvalue weighted by Gasteiger charge is 2.15. The van der Waals surface area contributed by atoms with Gasteiger partial charge in [0, 0.05) is 3.57 Å². The summed E-state index contributed by atoms with van der Waals surface area (Å²) in [5.74, 6) is 0.828. The van der Waals surface area contributed by atoms with Gasteiger partial charge in [0.1, 0.15) is 11.6 Å². The lowest BCUT2D eigenvalue weighted by Crippen LogP contribution is -2.02. The van der Waals surface area contributed by atoms with Crippen molar-refractivity contribution in [3.8, 4) is 5.69 Å². The maximum atomic E-state index is 13.3. The van der Waals surface area contributed by atoms with E-state index in [0.29, 0.717) is 5.88 Å². The van der Waals surface area contributed by atoms with Gasteiger partial charge in [-0.15, -0.1) is 11.6 Å². The van der Waals surface area contributed by atoms with Crippen molar-refractivity contribution < 1.29 is 4.39 Å². The topological polar surface area (TPSA) is 17.8 Å². The molecule has 0 radical (unpaired) electrons. The summed E-state index contributed by atoms with van der Waals surface area (Å²) in [6.45, 7) is 2.04. The van der Waals surface area contributed by atoms with E-state index < -0.39 is 0 Å². The van der Waals surface area contributed by atoms with Crippen LogP contribution < -0.4 is 0 Å². The second kappa shape index (κ2) is 5.33. The average Bonchev–Trinajstić information content (AvgIpc) is 2.79. The Labute approximate surface area is 134 Å². The van der Waals surface area contributed by atoms with Crippen molar-refractivity contribution in [3.05, 3.63) is 57.2 Å². The molecule has 0 aliphatic heterocycles. The zero-order valence-corrected chi connectivity index (χ0v) is 13.6. The molecule has 0 atom stereocenters. The van der Waals surface area contributed by atoms with E-state index in [0.717, 1.165) is 31.7 Å². The number of nitrogens with zero attached hydrogens (tertiary/aromatic N) is 2. The SMILES string of the molecule is Cc1cccc2nc(CCl)n(-c3ccc(F)cc3I)c12. The summed E-state index contributed by atoms with van der Waals surface area (Å²) in [4.78, 5) is 4.57. The maximum Gasteiger partial charge on any atom is 0.129 e.